The van der Waals surface area contributed by atoms with Gasteiger partial charge in [0.25, 0.3) is 0 Å². The number of anilines is 3. The summed E-state index contributed by atoms with van der Waals surface area (Å²) in [5.74, 6) is 3.00. The average Bonchev–Trinajstić information content (AvgIpc) is 3.60. The molecule has 4 aromatic rings. The fourth-order valence-electron chi connectivity index (χ4n) is 3.84. The SMILES string of the molecule is Cn1nc(C(C)(C)C)cc1NC(=O)Nc1ccc(Oc2ccnc(NCC3CC3)n2)c2ccccc12. The van der Waals surface area contributed by atoms with Crippen molar-refractivity contribution in [1.29, 1.82) is 0 Å². The number of hydrogen-bond donors (Lipinski definition) is 3. The number of carbonyl (C=O) groups excluding carboxylic acids is 1. The molecular formula is C27H31N7O2. The maximum Gasteiger partial charge on any atom is 0.324 e. The van der Waals surface area contributed by atoms with Crippen molar-refractivity contribution in [2.45, 2.75) is 39.0 Å². The van der Waals surface area contributed by atoms with Crippen LogP contribution in [0.25, 0.3) is 10.8 Å². The average molecular weight is 486 g/mol. The number of amides is 2. The molecule has 9 nitrogen and oxygen atoms in total. The molecule has 186 valence electrons. The number of hydrogen-bond acceptors (Lipinski definition) is 6. The van der Waals surface area contributed by atoms with E-state index in [2.05, 4.69) is 51.8 Å². The molecule has 5 rings (SSSR count). The number of nitrogens with zero attached hydrogens (tertiary/aromatic N) is 4. The van der Waals surface area contributed by atoms with E-state index in [0.29, 0.717) is 29.1 Å². The fourth-order valence-corrected chi connectivity index (χ4v) is 3.84. The number of benzene rings is 2. The van der Waals surface area contributed by atoms with Crippen molar-refractivity contribution in [2.24, 2.45) is 13.0 Å². The first-order chi connectivity index (χ1) is 17.3. The van der Waals surface area contributed by atoms with E-state index in [1.54, 1.807) is 16.9 Å². The Labute approximate surface area is 210 Å². The normalized spacial score (nSPS) is 13.4. The van der Waals surface area contributed by atoms with Gasteiger partial charge >= 0.3 is 6.03 Å². The van der Waals surface area contributed by atoms with Gasteiger partial charge in [0.05, 0.1) is 11.4 Å². The van der Waals surface area contributed by atoms with Crippen LogP contribution in [0.15, 0.2) is 54.7 Å². The van der Waals surface area contributed by atoms with Crippen LogP contribution in [0.1, 0.15) is 39.3 Å². The predicted octanol–water partition coefficient (Wildman–Crippen LogP) is 5.92. The maximum atomic E-state index is 12.8. The lowest BCUT2D eigenvalue weighted by Crippen LogP contribution is -2.21. The molecule has 0 aliphatic heterocycles. The topological polar surface area (TPSA) is 106 Å². The Bertz CT molecular complexity index is 1400. The summed E-state index contributed by atoms with van der Waals surface area (Å²) in [6.45, 7) is 7.14. The van der Waals surface area contributed by atoms with Crippen molar-refractivity contribution < 1.29 is 9.53 Å². The van der Waals surface area contributed by atoms with Crippen LogP contribution in [0, 0.1) is 5.92 Å². The summed E-state index contributed by atoms with van der Waals surface area (Å²) in [6, 6.07) is 14.7. The Morgan fingerprint density at radius 3 is 2.58 bits per heavy atom. The van der Waals surface area contributed by atoms with Crippen LogP contribution in [-0.4, -0.2) is 32.3 Å². The second-order valence-electron chi connectivity index (χ2n) is 10.2. The molecule has 2 aromatic carbocycles. The zero-order valence-electron chi connectivity index (χ0n) is 21.0. The van der Waals surface area contributed by atoms with Crippen LogP contribution >= 0.6 is 0 Å². The number of aromatic nitrogens is 4. The Morgan fingerprint density at radius 2 is 1.86 bits per heavy atom. The highest BCUT2D eigenvalue weighted by Gasteiger charge is 2.21. The molecule has 36 heavy (non-hydrogen) atoms. The molecule has 2 aromatic heterocycles. The van der Waals surface area contributed by atoms with Crippen molar-refractivity contribution in [3.63, 3.8) is 0 Å². The van der Waals surface area contributed by atoms with E-state index < -0.39 is 0 Å². The highest BCUT2D eigenvalue weighted by molar-refractivity contribution is 6.07. The summed E-state index contributed by atoms with van der Waals surface area (Å²) in [5.41, 5.74) is 1.46. The number of aryl methyl sites for hydroxylation is 1. The Morgan fingerprint density at radius 1 is 1.08 bits per heavy atom. The second kappa shape index (κ2) is 9.49. The van der Waals surface area contributed by atoms with Crippen molar-refractivity contribution in [1.82, 2.24) is 19.7 Å². The molecule has 0 spiro atoms. The number of fused-ring (bicyclic) bond motifs is 1. The van der Waals surface area contributed by atoms with Crippen LogP contribution < -0.4 is 20.7 Å². The molecule has 0 unspecified atom stereocenters. The molecule has 2 amide bonds. The van der Waals surface area contributed by atoms with Crippen molar-refractivity contribution in [2.75, 3.05) is 22.5 Å². The molecule has 9 heteroatoms. The van der Waals surface area contributed by atoms with Crippen LogP contribution in [0.3, 0.4) is 0 Å². The maximum absolute atomic E-state index is 12.8. The van der Waals surface area contributed by atoms with E-state index in [9.17, 15) is 4.79 Å². The van der Waals surface area contributed by atoms with E-state index in [4.69, 9.17) is 4.74 Å². The van der Waals surface area contributed by atoms with Gasteiger partial charge < -0.3 is 15.4 Å². The number of rotatable bonds is 7. The smallest absolute Gasteiger partial charge is 0.324 e. The number of carbonyl (C=O) groups is 1. The standard InChI is InChI=1S/C27H31N7O2/c1-27(2,3)22-15-23(34(4)33-22)31-26(35)30-20-11-12-21(19-8-6-5-7-18(19)20)36-24-13-14-28-25(32-24)29-16-17-9-10-17/h5-8,11-15,17H,9-10,16H2,1-4H3,(H,28,29,32)(H2,30,31,35). The van der Waals surface area contributed by atoms with Gasteiger partial charge in [-0.15, -0.1) is 0 Å². The largest absolute Gasteiger partial charge is 0.438 e. The molecule has 1 fully saturated rings. The minimum absolute atomic E-state index is 0.113. The Hall–Kier alpha value is -4.14. The summed E-state index contributed by atoms with van der Waals surface area (Å²) in [5, 5.41) is 15.4. The van der Waals surface area contributed by atoms with Gasteiger partial charge in [-0.1, -0.05) is 45.0 Å². The third kappa shape index (κ3) is 5.40. The lowest BCUT2D eigenvalue weighted by atomic mass is 9.92. The highest BCUT2D eigenvalue weighted by atomic mass is 16.5. The second-order valence-corrected chi connectivity index (χ2v) is 10.2. The van der Waals surface area contributed by atoms with Gasteiger partial charge in [-0.2, -0.15) is 10.1 Å². The van der Waals surface area contributed by atoms with E-state index in [1.807, 2.05) is 49.5 Å². The van der Waals surface area contributed by atoms with E-state index in [1.165, 1.54) is 12.8 Å². The molecular weight excluding hydrogens is 454 g/mol. The van der Waals surface area contributed by atoms with Gasteiger partial charge in [-0.3, -0.25) is 10.00 Å². The van der Waals surface area contributed by atoms with Gasteiger partial charge in [-0.25, -0.2) is 9.78 Å². The monoisotopic (exact) mass is 485 g/mol. The van der Waals surface area contributed by atoms with E-state index >= 15 is 0 Å². The van der Waals surface area contributed by atoms with Crippen LogP contribution in [0.4, 0.5) is 22.2 Å². The molecule has 1 saturated carbocycles. The molecule has 2 heterocycles. The van der Waals surface area contributed by atoms with Crippen LogP contribution in [-0.2, 0) is 12.5 Å². The predicted molar refractivity (Wildman–Crippen MR) is 142 cm³/mol. The van der Waals surface area contributed by atoms with Gasteiger partial charge in [-0.05, 0) is 30.9 Å². The van der Waals surface area contributed by atoms with Gasteiger partial charge in [0.15, 0.2) is 0 Å². The minimum atomic E-state index is -0.348. The molecule has 0 radical (unpaired) electrons. The van der Waals surface area contributed by atoms with Crippen molar-refractivity contribution >= 4 is 34.3 Å². The number of urea groups is 1. The summed E-state index contributed by atoms with van der Waals surface area (Å²) < 4.78 is 7.80. The first-order valence-electron chi connectivity index (χ1n) is 12.2. The highest BCUT2D eigenvalue weighted by Crippen LogP contribution is 2.34. The third-order valence-electron chi connectivity index (χ3n) is 6.11. The fraction of sp³-hybridized carbons (Fsp3) is 0.333. The Kier molecular flexibility index (Phi) is 6.22. The van der Waals surface area contributed by atoms with Crippen molar-refractivity contribution in [3.05, 3.63) is 60.4 Å². The summed E-state index contributed by atoms with van der Waals surface area (Å²) in [6.07, 6.45) is 4.20. The first-order valence-corrected chi connectivity index (χ1v) is 12.2. The molecule has 1 aliphatic carbocycles. The quantitative estimate of drug-likeness (QED) is 0.300. The first kappa shape index (κ1) is 23.6. The Balaban J connectivity index is 1.33. The summed E-state index contributed by atoms with van der Waals surface area (Å²) in [7, 11) is 1.81. The van der Waals surface area contributed by atoms with Gasteiger partial charge in [0.2, 0.25) is 11.8 Å². The summed E-state index contributed by atoms with van der Waals surface area (Å²) >= 11 is 0. The molecule has 3 N–H and O–H groups in total. The lowest BCUT2D eigenvalue weighted by molar-refractivity contribution is 0.262. The zero-order chi connectivity index (χ0) is 25.3. The van der Waals surface area contributed by atoms with Crippen LogP contribution in [0.5, 0.6) is 11.6 Å². The third-order valence-corrected chi connectivity index (χ3v) is 6.11. The lowest BCUT2D eigenvalue weighted by Gasteiger charge is -2.14. The van der Waals surface area contributed by atoms with Gasteiger partial charge in [0.1, 0.15) is 11.6 Å². The number of ether oxygens (including phenoxy) is 1. The van der Waals surface area contributed by atoms with E-state index in [-0.39, 0.29) is 11.4 Å². The van der Waals surface area contributed by atoms with E-state index in [0.717, 1.165) is 28.9 Å². The number of nitrogens with one attached hydrogen (secondary N) is 3. The zero-order valence-corrected chi connectivity index (χ0v) is 21.0. The summed E-state index contributed by atoms with van der Waals surface area (Å²) in [4.78, 5) is 21.6. The molecule has 0 saturated heterocycles. The molecule has 0 bridgehead atoms. The van der Waals surface area contributed by atoms with Gasteiger partial charge in [0, 0.05) is 48.1 Å². The molecule has 0 atom stereocenters. The molecule has 1 aliphatic rings. The van der Waals surface area contributed by atoms with Crippen molar-refractivity contribution in [3.8, 4) is 11.6 Å². The minimum Gasteiger partial charge on any atom is -0.438 e. The van der Waals surface area contributed by atoms with Crippen LogP contribution in [0.2, 0.25) is 0 Å².